The van der Waals surface area contributed by atoms with Gasteiger partial charge in [-0.1, -0.05) is 32.0 Å². The Kier molecular flexibility index (Phi) is 4.37. The molecule has 5 nitrogen and oxygen atoms in total. The predicted octanol–water partition coefficient (Wildman–Crippen LogP) is 4.26. The van der Waals surface area contributed by atoms with Gasteiger partial charge in [0, 0.05) is 24.2 Å². The van der Waals surface area contributed by atoms with Crippen LogP contribution in [-0.4, -0.2) is 27.3 Å². The number of rotatable bonds is 3. The zero-order chi connectivity index (χ0) is 20.0. The van der Waals surface area contributed by atoms with Crippen molar-refractivity contribution in [3.05, 3.63) is 71.6 Å². The Morgan fingerprint density at radius 1 is 1.18 bits per heavy atom. The second-order valence-electron chi connectivity index (χ2n) is 7.23. The van der Waals surface area contributed by atoms with E-state index in [-0.39, 0.29) is 23.0 Å². The molecule has 1 aromatic heterocycles. The van der Waals surface area contributed by atoms with Gasteiger partial charge in [0.15, 0.2) is 17.3 Å². The molecule has 4 rings (SSSR count). The Hall–Kier alpha value is -3.22. The van der Waals surface area contributed by atoms with Gasteiger partial charge in [-0.3, -0.25) is 4.79 Å². The van der Waals surface area contributed by atoms with E-state index in [0.29, 0.717) is 12.5 Å². The second-order valence-corrected chi connectivity index (χ2v) is 7.23. The zero-order valence-corrected chi connectivity index (χ0v) is 15.4. The van der Waals surface area contributed by atoms with E-state index in [1.165, 1.54) is 6.07 Å². The molecule has 2 aromatic carbocycles. The molecule has 0 aliphatic carbocycles. The Morgan fingerprint density at radius 3 is 2.64 bits per heavy atom. The number of aromatic hydroxyl groups is 1. The number of carbonyl (C=O) groups excluding carboxylic acids is 1. The zero-order valence-electron chi connectivity index (χ0n) is 15.4. The highest BCUT2D eigenvalue weighted by atomic mass is 19.1. The molecule has 7 heteroatoms. The number of amides is 1. The molecular weight excluding hydrogens is 364 g/mol. The molecule has 0 radical (unpaired) electrons. The van der Waals surface area contributed by atoms with Gasteiger partial charge in [0.05, 0.1) is 6.20 Å². The minimum Gasteiger partial charge on any atom is -0.504 e. The molecule has 1 aliphatic rings. The quantitative estimate of drug-likeness (QED) is 0.735. The monoisotopic (exact) mass is 383 g/mol. The lowest BCUT2D eigenvalue weighted by molar-refractivity contribution is 0.0979. The summed E-state index contributed by atoms with van der Waals surface area (Å²) >= 11 is 0. The number of aromatic nitrogens is 2. The summed E-state index contributed by atoms with van der Waals surface area (Å²) in [6.07, 6.45) is 1.14. The number of halogens is 2. The van der Waals surface area contributed by atoms with Crippen LogP contribution >= 0.6 is 0 Å². The Balaban J connectivity index is 1.71. The molecule has 1 aliphatic heterocycles. The standard InChI is InChI=1S/C21H19F2N3O2/c1-12(2)15-10-25(17-6-4-3-5-14(15)17)21(28)20-19(27)11-26(24-20)18-8-7-13(22)9-16(18)23/h3-9,11-12,15,27H,10H2,1-2H3. The highest BCUT2D eigenvalue weighted by molar-refractivity contribution is 6.07. The van der Waals surface area contributed by atoms with Gasteiger partial charge in [0.1, 0.15) is 11.5 Å². The summed E-state index contributed by atoms with van der Waals surface area (Å²) in [4.78, 5) is 14.7. The molecule has 2 heterocycles. The van der Waals surface area contributed by atoms with Crippen molar-refractivity contribution in [1.82, 2.24) is 9.78 Å². The maximum Gasteiger partial charge on any atom is 0.282 e. The lowest BCUT2D eigenvalue weighted by Crippen LogP contribution is -2.31. The van der Waals surface area contributed by atoms with Gasteiger partial charge in [0.2, 0.25) is 0 Å². The fourth-order valence-electron chi connectivity index (χ4n) is 3.64. The van der Waals surface area contributed by atoms with Crippen LogP contribution in [0.4, 0.5) is 14.5 Å². The average molecular weight is 383 g/mol. The molecule has 0 spiro atoms. The van der Waals surface area contributed by atoms with Crippen LogP contribution in [-0.2, 0) is 0 Å². The van der Waals surface area contributed by atoms with Crippen LogP contribution in [0.15, 0.2) is 48.7 Å². The fourth-order valence-corrected chi connectivity index (χ4v) is 3.64. The number of benzene rings is 2. The van der Waals surface area contributed by atoms with Crippen LogP contribution in [0.2, 0.25) is 0 Å². The van der Waals surface area contributed by atoms with Crippen molar-refractivity contribution < 1.29 is 18.7 Å². The average Bonchev–Trinajstić information content (AvgIpc) is 3.22. The maximum atomic E-state index is 14.0. The molecule has 1 unspecified atom stereocenters. The van der Waals surface area contributed by atoms with Crippen molar-refractivity contribution in [3.8, 4) is 11.4 Å². The van der Waals surface area contributed by atoms with E-state index in [9.17, 15) is 18.7 Å². The lowest BCUT2D eigenvalue weighted by atomic mass is 9.90. The molecule has 0 saturated heterocycles. The van der Waals surface area contributed by atoms with Gasteiger partial charge in [-0.25, -0.2) is 13.5 Å². The Labute approximate surface area is 160 Å². The number of anilines is 1. The third kappa shape index (κ3) is 2.93. The number of fused-ring (bicyclic) bond motifs is 1. The number of carbonyl (C=O) groups is 1. The van der Waals surface area contributed by atoms with Crippen LogP contribution in [0.1, 0.15) is 35.8 Å². The topological polar surface area (TPSA) is 58.4 Å². The van der Waals surface area contributed by atoms with Crippen molar-refractivity contribution in [2.75, 3.05) is 11.4 Å². The number of nitrogens with zero attached hydrogens (tertiary/aromatic N) is 3. The van der Waals surface area contributed by atoms with E-state index >= 15 is 0 Å². The maximum absolute atomic E-state index is 14.0. The molecule has 0 fully saturated rings. The van der Waals surface area contributed by atoms with Crippen LogP contribution in [0, 0.1) is 17.6 Å². The van der Waals surface area contributed by atoms with E-state index < -0.39 is 17.5 Å². The van der Waals surface area contributed by atoms with E-state index in [4.69, 9.17) is 0 Å². The van der Waals surface area contributed by atoms with Gasteiger partial charge >= 0.3 is 0 Å². The van der Waals surface area contributed by atoms with Crippen LogP contribution in [0.25, 0.3) is 5.69 Å². The van der Waals surface area contributed by atoms with Gasteiger partial charge in [-0.2, -0.15) is 5.10 Å². The van der Waals surface area contributed by atoms with E-state index in [2.05, 4.69) is 18.9 Å². The first-order valence-electron chi connectivity index (χ1n) is 9.01. The van der Waals surface area contributed by atoms with Gasteiger partial charge in [-0.05, 0) is 29.7 Å². The SMILES string of the molecule is CC(C)C1CN(C(=O)c2nn(-c3ccc(F)cc3F)cc2O)c2ccccc21. The predicted molar refractivity (Wildman–Crippen MR) is 101 cm³/mol. The number of hydrogen-bond acceptors (Lipinski definition) is 3. The normalized spacial score (nSPS) is 15.9. The second kappa shape index (κ2) is 6.74. The first-order valence-corrected chi connectivity index (χ1v) is 9.01. The first kappa shape index (κ1) is 18.2. The van der Waals surface area contributed by atoms with Crippen LogP contribution < -0.4 is 4.90 Å². The van der Waals surface area contributed by atoms with Crippen molar-refractivity contribution >= 4 is 11.6 Å². The minimum absolute atomic E-state index is 0.0578. The summed E-state index contributed by atoms with van der Waals surface area (Å²) < 4.78 is 28.2. The largest absolute Gasteiger partial charge is 0.504 e. The smallest absolute Gasteiger partial charge is 0.282 e. The minimum atomic E-state index is -0.840. The molecular formula is C21H19F2N3O2. The van der Waals surface area contributed by atoms with Crippen molar-refractivity contribution in [2.24, 2.45) is 5.92 Å². The highest BCUT2D eigenvalue weighted by Gasteiger charge is 2.36. The third-order valence-electron chi connectivity index (χ3n) is 5.11. The fraction of sp³-hybridized carbons (Fsp3) is 0.238. The summed E-state index contributed by atoms with van der Waals surface area (Å²) in [5, 5.41) is 14.3. The molecule has 0 bridgehead atoms. The van der Waals surface area contributed by atoms with Crippen LogP contribution in [0.5, 0.6) is 5.75 Å². The molecule has 1 atom stereocenters. The summed E-state index contributed by atoms with van der Waals surface area (Å²) in [5.41, 5.74) is 1.63. The molecule has 0 saturated carbocycles. The first-order chi connectivity index (χ1) is 13.4. The van der Waals surface area contributed by atoms with Gasteiger partial charge < -0.3 is 10.0 Å². The molecule has 28 heavy (non-hydrogen) atoms. The van der Waals surface area contributed by atoms with Crippen molar-refractivity contribution in [2.45, 2.75) is 19.8 Å². The van der Waals surface area contributed by atoms with E-state index in [1.807, 2.05) is 24.3 Å². The summed E-state index contributed by atoms with van der Waals surface area (Å²) in [7, 11) is 0. The van der Waals surface area contributed by atoms with Gasteiger partial charge in [-0.15, -0.1) is 0 Å². The number of para-hydroxylation sites is 1. The Morgan fingerprint density at radius 2 is 1.93 bits per heavy atom. The molecule has 1 amide bonds. The highest BCUT2D eigenvalue weighted by Crippen LogP contribution is 2.41. The van der Waals surface area contributed by atoms with Crippen molar-refractivity contribution in [1.29, 1.82) is 0 Å². The number of hydrogen-bond donors (Lipinski definition) is 1. The van der Waals surface area contributed by atoms with E-state index in [0.717, 1.165) is 34.3 Å². The van der Waals surface area contributed by atoms with Gasteiger partial charge in [0.25, 0.3) is 5.91 Å². The lowest BCUT2D eigenvalue weighted by Gasteiger charge is -2.18. The van der Waals surface area contributed by atoms with Crippen molar-refractivity contribution in [3.63, 3.8) is 0 Å². The van der Waals surface area contributed by atoms with Crippen LogP contribution in [0.3, 0.4) is 0 Å². The summed E-state index contributed by atoms with van der Waals surface area (Å²) in [5.74, 6) is -1.87. The summed E-state index contributed by atoms with van der Waals surface area (Å²) in [6, 6.07) is 10.7. The Bertz CT molecular complexity index is 1060. The molecule has 1 N–H and O–H groups in total. The third-order valence-corrected chi connectivity index (χ3v) is 5.11. The molecule has 144 valence electrons. The van der Waals surface area contributed by atoms with E-state index in [1.54, 1.807) is 4.90 Å². The summed E-state index contributed by atoms with van der Waals surface area (Å²) in [6.45, 7) is 4.67. The molecule has 3 aromatic rings.